The average Bonchev–Trinajstić information content (AvgIpc) is 2.04. The predicted molar refractivity (Wildman–Crippen MR) is 37.2 cm³/mol. The van der Waals surface area contributed by atoms with Crippen LogP contribution in [0.4, 0.5) is 5.82 Å². The minimum atomic E-state index is -0.229. The summed E-state index contributed by atoms with van der Waals surface area (Å²) >= 11 is 5.32. The fourth-order valence-electron chi connectivity index (χ4n) is 0.500. The SMILES string of the molecule is N#Cc1cnc(Cl)nc1N=O. The third kappa shape index (κ3) is 1.48. The summed E-state index contributed by atoms with van der Waals surface area (Å²) in [5.74, 6) is -0.229. The van der Waals surface area contributed by atoms with Gasteiger partial charge < -0.3 is 0 Å². The van der Waals surface area contributed by atoms with Crippen molar-refractivity contribution in [2.75, 3.05) is 0 Å². The lowest BCUT2D eigenvalue weighted by atomic mass is 10.3. The van der Waals surface area contributed by atoms with Gasteiger partial charge in [0.05, 0.1) is 6.20 Å². The number of nitrogens with zero attached hydrogens (tertiary/aromatic N) is 4. The van der Waals surface area contributed by atoms with Crippen molar-refractivity contribution < 1.29 is 0 Å². The van der Waals surface area contributed by atoms with Crippen LogP contribution in [-0.2, 0) is 0 Å². The van der Waals surface area contributed by atoms with Crippen LogP contribution in [0.5, 0.6) is 0 Å². The van der Waals surface area contributed by atoms with Crippen LogP contribution >= 0.6 is 11.6 Å². The molecule has 1 rings (SSSR count). The van der Waals surface area contributed by atoms with Gasteiger partial charge in [0.1, 0.15) is 11.6 Å². The first kappa shape index (κ1) is 7.57. The Kier molecular flexibility index (Phi) is 2.09. The molecule has 0 fully saturated rings. The summed E-state index contributed by atoms with van der Waals surface area (Å²) in [6.07, 6.45) is 1.14. The highest BCUT2D eigenvalue weighted by atomic mass is 35.5. The van der Waals surface area contributed by atoms with E-state index in [4.69, 9.17) is 16.9 Å². The summed E-state index contributed by atoms with van der Waals surface area (Å²) in [6, 6.07) is 1.70. The van der Waals surface area contributed by atoms with Crippen molar-refractivity contribution in [3.8, 4) is 6.07 Å². The van der Waals surface area contributed by atoms with Crippen LogP contribution < -0.4 is 0 Å². The van der Waals surface area contributed by atoms with Gasteiger partial charge in [0.15, 0.2) is 0 Å². The van der Waals surface area contributed by atoms with E-state index in [0.717, 1.165) is 6.20 Å². The zero-order valence-corrected chi connectivity index (χ0v) is 5.91. The van der Waals surface area contributed by atoms with Gasteiger partial charge in [0, 0.05) is 0 Å². The molecule has 0 saturated heterocycles. The van der Waals surface area contributed by atoms with Crippen LogP contribution in [0, 0.1) is 16.2 Å². The lowest BCUT2D eigenvalue weighted by molar-refractivity contribution is 1.13. The monoisotopic (exact) mass is 168 g/mol. The molecule has 0 bridgehead atoms. The van der Waals surface area contributed by atoms with Crippen molar-refractivity contribution >= 4 is 17.4 Å². The summed E-state index contributed by atoms with van der Waals surface area (Å²) < 4.78 is 0. The Morgan fingerprint density at radius 3 is 3.00 bits per heavy atom. The molecule has 1 heterocycles. The van der Waals surface area contributed by atoms with Gasteiger partial charge in [-0.25, -0.2) is 4.98 Å². The normalized spacial score (nSPS) is 8.73. The van der Waals surface area contributed by atoms with Crippen molar-refractivity contribution in [1.29, 1.82) is 5.26 Å². The van der Waals surface area contributed by atoms with Gasteiger partial charge in [-0.15, -0.1) is 4.91 Å². The molecule has 0 unspecified atom stereocenters. The van der Waals surface area contributed by atoms with Crippen LogP contribution in [0.3, 0.4) is 0 Å². The highest BCUT2D eigenvalue weighted by Crippen LogP contribution is 2.14. The second kappa shape index (κ2) is 3.03. The third-order valence-electron chi connectivity index (χ3n) is 0.946. The van der Waals surface area contributed by atoms with Crippen molar-refractivity contribution in [3.63, 3.8) is 0 Å². The van der Waals surface area contributed by atoms with E-state index in [1.165, 1.54) is 0 Å². The van der Waals surface area contributed by atoms with Gasteiger partial charge in [-0.1, -0.05) is 0 Å². The molecular weight excluding hydrogens is 168 g/mol. The Bertz CT molecular complexity index is 332. The van der Waals surface area contributed by atoms with E-state index in [-0.39, 0.29) is 16.7 Å². The average molecular weight is 169 g/mol. The molecule has 11 heavy (non-hydrogen) atoms. The van der Waals surface area contributed by atoms with E-state index in [0.29, 0.717) is 0 Å². The van der Waals surface area contributed by atoms with Crippen LogP contribution in [0.15, 0.2) is 11.4 Å². The molecule has 0 aromatic carbocycles. The smallest absolute Gasteiger partial charge is 0.224 e. The van der Waals surface area contributed by atoms with E-state index >= 15 is 0 Å². The molecular formula is C5HClN4O. The zero-order valence-electron chi connectivity index (χ0n) is 5.15. The van der Waals surface area contributed by atoms with Crippen LogP contribution in [0.1, 0.15) is 5.56 Å². The largest absolute Gasteiger partial charge is 0.225 e. The first-order valence-electron chi connectivity index (χ1n) is 2.54. The molecule has 0 radical (unpaired) electrons. The number of halogens is 1. The summed E-state index contributed by atoms with van der Waals surface area (Å²) in [4.78, 5) is 16.9. The Labute approximate surface area is 66.6 Å². The molecule has 0 saturated carbocycles. The predicted octanol–water partition coefficient (Wildman–Crippen LogP) is 1.40. The van der Waals surface area contributed by atoms with Crippen LogP contribution in [0.2, 0.25) is 5.28 Å². The quantitative estimate of drug-likeness (QED) is 0.469. The van der Waals surface area contributed by atoms with Crippen LogP contribution in [-0.4, -0.2) is 9.97 Å². The van der Waals surface area contributed by atoms with E-state index in [9.17, 15) is 4.91 Å². The minimum absolute atomic E-state index is 0.0180. The summed E-state index contributed by atoms with van der Waals surface area (Å²) in [5, 5.41) is 10.8. The number of nitroso groups, excluding NO2 is 1. The van der Waals surface area contributed by atoms with Gasteiger partial charge >= 0.3 is 0 Å². The lowest BCUT2D eigenvalue weighted by Crippen LogP contribution is -1.85. The number of hydrogen-bond acceptors (Lipinski definition) is 5. The Balaban J connectivity index is 3.30. The van der Waals surface area contributed by atoms with Gasteiger partial charge in [-0.3, -0.25) is 0 Å². The minimum Gasteiger partial charge on any atom is -0.225 e. The zero-order chi connectivity index (χ0) is 8.27. The molecule has 0 aliphatic rings. The molecule has 0 amide bonds. The molecule has 1 aromatic rings. The first-order chi connectivity index (χ1) is 5.27. The Morgan fingerprint density at radius 1 is 1.73 bits per heavy atom. The number of nitriles is 1. The van der Waals surface area contributed by atoms with E-state index in [1.54, 1.807) is 6.07 Å². The van der Waals surface area contributed by atoms with E-state index in [2.05, 4.69) is 15.1 Å². The van der Waals surface area contributed by atoms with Crippen molar-refractivity contribution in [3.05, 3.63) is 22.0 Å². The summed E-state index contributed by atoms with van der Waals surface area (Å²) in [6.45, 7) is 0. The Hall–Kier alpha value is -1.54. The molecule has 0 aliphatic heterocycles. The van der Waals surface area contributed by atoms with Gasteiger partial charge in [-0.2, -0.15) is 10.2 Å². The second-order valence-corrected chi connectivity index (χ2v) is 1.92. The maximum absolute atomic E-state index is 9.99. The van der Waals surface area contributed by atoms with Crippen molar-refractivity contribution in [2.45, 2.75) is 0 Å². The summed E-state index contributed by atoms with van der Waals surface area (Å²) in [5.41, 5.74) is 0.0180. The first-order valence-corrected chi connectivity index (χ1v) is 2.91. The highest BCUT2D eigenvalue weighted by Gasteiger charge is 2.04. The number of rotatable bonds is 1. The maximum atomic E-state index is 9.99. The van der Waals surface area contributed by atoms with Gasteiger partial charge in [0.2, 0.25) is 11.1 Å². The molecule has 5 nitrogen and oxygen atoms in total. The second-order valence-electron chi connectivity index (χ2n) is 1.58. The fourth-order valence-corrected chi connectivity index (χ4v) is 0.629. The molecule has 0 atom stereocenters. The van der Waals surface area contributed by atoms with Gasteiger partial charge in [-0.05, 0) is 16.8 Å². The summed E-state index contributed by atoms with van der Waals surface area (Å²) in [7, 11) is 0. The maximum Gasteiger partial charge on any atom is 0.224 e. The van der Waals surface area contributed by atoms with Gasteiger partial charge in [0.25, 0.3) is 0 Å². The topological polar surface area (TPSA) is 79.0 Å². The van der Waals surface area contributed by atoms with E-state index < -0.39 is 0 Å². The number of aromatic nitrogens is 2. The van der Waals surface area contributed by atoms with E-state index in [1.807, 2.05) is 0 Å². The lowest BCUT2D eigenvalue weighted by Gasteiger charge is -1.90. The highest BCUT2D eigenvalue weighted by molar-refractivity contribution is 6.28. The molecule has 0 aliphatic carbocycles. The molecule has 1 aromatic heterocycles. The number of hydrogen-bond donors (Lipinski definition) is 0. The standard InChI is InChI=1S/C5HClN4O/c6-5-8-2-3(1-7)4(9-5)10-11/h2H. The fraction of sp³-hybridized carbons (Fsp3) is 0. The Morgan fingerprint density at radius 2 is 2.45 bits per heavy atom. The third-order valence-corrected chi connectivity index (χ3v) is 1.13. The molecule has 6 heteroatoms. The molecule has 0 spiro atoms. The van der Waals surface area contributed by atoms with Crippen LogP contribution in [0.25, 0.3) is 0 Å². The molecule has 54 valence electrons. The van der Waals surface area contributed by atoms with Crippen molar-refractivity contribution in [1.82, 2.24) is 9.97 Å². The molecule has 0 N–H and O–H groups in total. The van der Waals surface area contributed by atoms with Crippen molar-refractivity contribution in [2.24, 2.45) is 5.18 Å².